The van der Waals surface area contributed by atoms with Crippen LogP contribution in [0.4, 0.5) is 0 Å². The van der Waals surface area contributed by atoms with Gasteiger partial charge < -0.3 is 14.2 Å². The van der Waals surface area contributed by atoms with Crippen molar-refractivity contribution in [2.24, 2.45) is 0 Å². The fourth-order valence-corrected chi connectivity index (χ4v) is 1.78. The molecule has 20 heavy (non-hydrogen) atoms. The lowest BCUT2D eigenvalue weighted by Crippen LogP contribution is -2.24. The minimum atomic E-state index is -0.262. The molecule has 0 unspecified atom stereocenters. The third kappa shape index (κ3) is 4.95. The average Bonchev–Trinajstić information content (AvgIpc) is 3.01. The first-order valence-corrected chi connectivity index (χ1v) is 7.31. The van der Waals surface area contributed by atoms with E-state index in [0.29, 0.717) is 6.10 Å². The number of benzene rings is 1. The van der Waals surface area contributed by atoms with Crippen LogP contribution in [0.5, 0.6) is 17.2 Å². The van der Waals surface area contributed by atoms with Gasteiger partial charge in [-0.25, -0.2) is 0 Å². The van der Waals surface area contributed by atoms with Gasteiger partial charge in [-0.05, 0) is 66.5 Å². The largest absolute Gasteiger partial charge is 0.488 e. The molecular formula is C17H26O3. The Labute approximate surface area is 122 Å². The standard InChI is InChI=1S/C17H26O3/c1-16(2,3)19-13-9-10-14(18-12-7-8-12)15(11-13)20-17(4,5)6/h9-12H,7-8H2,1-6H3. The van der Waals surface area contributed by atoms with Crippen molar-refractivity contribution in [2.45, 2.75) is 71.7 Å². The molecule has 0 atom stereocenters. The van der Waals surface area contributed by atoms with E-state index in [9.17, 15) is 0 Å². The molecule has 3 nitrogen and oxygen atoms in total. The van der Waals surface area contributed by atoms with E-state index in [2.05, 4.69) is 0 Å². The molecule has 0 radical (unpaired) electrons. The molecule has 0 saturated heterocycles. The summed E-state index contributed by atoms with van der Waals surface area (Å²) in [7, 11) is 0. The lowest BCUT2D eigenvalue weighted by atomic mass is 10.1. The molecule has 0 aromatic heterocycles. The maximum atomic E-state index is 6.01. The van der Waals surface area contributed by atoms with Crippen LogP contribution >= 0.6 is 0 Å². The molecule has 1 aromatic carbocycles. The maximum Gasteiger partial charge on any atom is 0.165 e. The summed E-state index contributed by atoms with van der Waals surface area (Å²) >= 11 is 0. The van der Waals surface area contributed by atoms with Crippen LogP contribution < -0.4 is 14.2 Å². The molecule has 1 aliphatic rings. The first kappa shape index (κ1) is 15.0. The molecule has 1 aliphatic carbocycles. The van der Waals surface area contributed by atoms with E-state index in [0.717, 1.165) is 30.1 Å². The summed E-state index contributed by atoms with van der Waals surface area (Å²) in [5, 5.41) is 0. The second-order valence-electron chi connectivity index (χ2n) is 7.35. The molecule has 1 aromatic rings. The SMILES string of the molecule is CC(C)(C)Oc1ccc(OC2CC2)c(OC(C)(C)C)c1. The van der Waals surface area contributed by atoms with Crippen molar-refractivity contribution < 1.29 is 14.2 Å². The highest BCUT2D eigenvalue weighted by Crippen LogP contribution is 2.38. The van der Waals surface area contributed by atoms with Crippen LogP contribution in [-0.2, 0) is 0 Å². The molecule has 3 heteroatoms. The summed E-state index contributed by atoms with van der Waals surface area (Å²) in [4.78, 5) is 0. The van der Waals surface area contributed by atoms with E-state index < -0.39 is 0 Å². The molecule has 0 spiro atoms. The normalized spacial score (nSPS) is 15.9. The molecule has 0 N–H and O–H groups in total. The minimum Gasteiger partial charge on any atom is -0.488 e. The van der Waals surface area contributed by atoms with Gasteiger partial charge in [-0.1, -0.05) is 0 Å². The first-order chi connectivity index (χ1) is 9.12. The van der Waals surface area contributed by atoms with E-state index >= 15 is 0 Å². The molecule has 1 fully saturated rings. The first-order valence-electron chi connectivity index (χ1n) is 7.31. The number of rotatable bonds is 4. The Kier molecular flexibility index (Phi) is 3.90. The fraction of sp³-hybridized carbons (Fsp3) is 0.647. The van der Waals surface area contributed by atoms with Crippen LogP contribution in [0.3, 0.4) is 0 Å². The Morgan fingerprint density at radius 2 is 1.45 bits per heavy atom. The number of hydrogen-bond donors (Lipinski definition) is 0. The van der Waals surface area contributed by atoms with Crippen LogP contribution in [0.25, 0.3) is 0 Å². The van der Waals surface area contributed by atoms with Gasteiger partial charge in [0.25, 0.3) is 0 Å². The average molecular weight is 278 g/mol. The predicted molar refractivity (Wildman–Crippen MR) is 80.9 cm³/mol. The second kappa shape index (κ2) is 5.19. The maximum absolute atomic E-state index is 6.01. The third-order valence-corrected chi connectivity index (χ3v) is 2.57. The van der Waals surface area contributed by atoms with E-state index in [-0.39, 0.29) is 11.2 Å². The van der Waals surface area contributed by atoms with Crippen molar-refractivity contribution >= 4 is 0 Å². The lowest BCUT2D eigenvalue weighted by molar-refractivity contribution is 0.115. The van der Waals surface area contributed by atoms with Gasteiger partial charge >= 0.3 is 0 Å². The van der Waals surface area contributed by atoms with Crippen LogP contribution in [0.15, 0.2) is 18.2 Å². The van der Waals surface area contributed by atoms with Gasteiger partial charge in [0.2, 0.25) is 0 Å². The van der Waals surface area contributed by atoms with Crippen molar-refractivity contribution in [3.8, 4) is 17.2 Å². The smallest absolute Gasteiger partial charge is 0.165 e. The number of hydrogen-bond acceptors (Lipinski definition) is 3. The molecule has 2 rings (SSSR count). The molecule has 112 valence electrons. The van der Waals surface area contributed by atoms with Crippen molar-refractivity contribution in [1.82, 2.24) is 0 Å². The van der Waals surface area contributed by atoms with E-state index in [1.807, 2.05) is 59.7 Å². The van der Waals surface area contributed by atoms with Crippen molar-refractivity contribution in [3.05, 3.63) is 18.2 Å². The van der Waals surface area contributed by atoms with Crippen LogP contribution in [-0.4, -0.2) is 17.3 Å². The van der Waals surface area contributed by atoms with Gasteiger partial charge in [-0.2, -0.15) is 0 Å². The summed E-state index contributed by atoms with van der Waals surface area (Å²) in [6.45, 7) is 12.2. The molecule has 0 bridgehead atoms. The quantitative estimate of drug-likeness (QED) is 0.806. The zero-order valence-electron chi connectivity index (χ0n) is 13.4. The highest BCUT2D eigenvalue weighted by Gasteiger charge is 2.26. The van der Waals surface area contributed by atoms with Crippen molar-refractivity contribution in [2.75, 3.05) is 0 Å². The van der Waals surface area contributed by atoms with Crippen LogP contribution in [0, 0.1) is 0 Å². The molecule has 0 aliphatic heterocycles. The van der Waals surface area contributed by atoms with Gasteiger partial charge in [0, 0.05) is 6.07 Å². The Bertz CT molecular complexity index is 462. The predicted octanol–water partition coefficient (Wildman–Crippen LogP) is 4.58. The summed E-state index contributed by atoms with van der Waals surface area (Å²) in [5.74, 6) is 2.37. The van der Waals surface area contributed by atoms with E-state index in [1.54, 1.807) is 0 Å². The van der Waals surface area contributed by atoms with Crippen LogP contribution in [0.2, 0.25) is 0 Å². The summed E-state index contributed by atoms with van der Waals surface area (Å²) in [6.07, 6.45) is 2.62. The second-order valence-corrected chi connectivity index (χ2v) is 7.35. The fourth-order valence-electron chi connectivity index (χ4n) is 1.78. The van der Waals surface area contributed by atoms with E-state index in [1.165, 1.54) is 0 Å². The summed E-state index contributed by atoms with van der Waals surface area (Å²) < 4.78 is 17.8. The lowest BCUT2D eigenvalue weighted by Gasteiger charge is -2.25. The van der Waals surface area contributed by atoms with E-state index in [4.69, 9.17) is 14.2 Å². The zero-order valence-corrected chi connectivity index (χ0v) is 13.4. The highest BCUT2D eigenvalue weighted by molar-refractivity contribution is 5.46. The zero-order chi connectivity index (χ0) is 15.0. The molecule has 0 heterocycles. The monoisotopic (exact) mass is 278 g/mol. The van der Waals surface area contributed by atoms with Gasteiger partial charge in [0.1, 0.15) is 17.0 Å². The van der Waals surface area contributed by atoms with Crippen molar-refractivity contribution in [3.63, 3.8) is 0 Å². The Balaban J connectivity index is 2.23. The molecular weight excluding hydrogens is 252 g/mol. The molecule has 0 amide bonds. The Hall–Kier alpha value is -1.38. The van der Waals surface area contributed by atoms with Gasteiger partial charge in [0.05, 0.1) is 6.10 Å². The topological polar surface area (TPSA) is 27.7 Å². The summed E-state index contributed by atoms with van der Waals surface area (Å²) in [6, 6.07) is 5.81. The Morgan fingerprint density at radius 3 is 1.95 bits per heavy atom. The Morgan fingerprint density at radius 1 is 0.850 bits per heavy atom. The highest BCUT2D eigenvalue weighted by atomic mass is 16.5. The van der Waals surface area contributed by atoms with Crippen molar-refractivity contribution in [1.29, 1.82) is 0 Å². The third-order valence-electron chi connectivity index (χ3n) is 2.57. The summed E-state index contributed by atoms with van der Waals surface area (Å²) in [5.41, 5.74) is -0.486. The van der Waals surface area contributed by atoms with Gasteiger partial charge in [0.15, 0.2) is 11.5 Å². The molecule has 1 saturated carbocycles. The van der Waals surface area contributed by atoms with Gasteiger partial charge in [-0.15, -0.1) is 0 Å². The number of ether oxygens (including phenoxy) is 3. The van der Waals surface area contributed by atoms with Crippen LogP contribution in [0.1, 0.15) is 54.4 Å². The minimum absolute atomic E-state index is 0.224. The van der Waals surface area contributed by atoms with Gasteiger partial charge in [-0.3, -0.25) is 0 Å².